The van der Waals surface area contributed by atoms with E-state index >= 15 is 0 Å². The van der Waals surface area contributed by atoms with Gasteiger partial charge in [0.15, 0.2) is 11.5 Å². The summed E-state index contributed by atoms with van der Waals surface area (Å²) < 4.78 is 16.5. The number of carbonyl (C=O) groups is 1. The number of para-hydroxylation sites is 2. The zero-order valence-electron chi connectivity index (χ0n) is 12.5. The number of rotatable bonds is 4. The Morgan fingerprint density at radius 2 is 1.96 bits per heavy atom. The van der Waals surface area contributed by atoms with E-state index in [9.17, 15) is 4.79 Å². The number of nitrogens with two attached hydrogens (primary N) is 1. The summed E-state index contributed by atoms with van der Waals surface area (Å²) in [5.41, 5.74) is 6.83. The Morgan fingerprint density at radius 3 is 2.65 bits per heavy atom. The van der Waals surface area contributed by atoms with Gasteiger partial charge in [0, 0.05) is 6.07 Å². The lowest BCUT2D eigenvalue weighted by molar-refractivity contribution is 0.0607. The lowest BCUT2D eigenvalue weighted by atomic mass is 10.3. The minimum atomic E-state index is -0.474. The number of esters is 1. The van der Waals surface area contributed by atoms with Crippen molar-refractivity contribution in [1.29, 1.82) is 0 Å². The number of ether oxygens (including phenoxy) is 3. The molecule has 7 heteroatoms. The fourth-order valence-corrected chi connectivity index (χ4v) is 3.14. The van der Waals surface area contributed by atoms with Crippen LogP contribution >= 0.6 is 11.3 Å². The maximum Gasteiger partial charge on any atom is 0.350 e. The van der Waals surface area contributed by atoms with Gasteiger partial charge in [0.1, 0.15) is 16.1 Å². The van der Waals surface area contributed by atoms with E-state index in [1.807, 2.05) is 12.1 Å². The minimum Gasteiger partial charge on any atom is -0.493 e. The van der Waals surface area contributed by atoms with Crippen molar-refractivity contribution < 1.29 is 19.0 Å². The largest absolute Gasteiger partial charge is 0.493 e. The summed E-state index contributed by atoms with van der Waals surface area (Å²) in [5.74, 6) is 1.25. The number of hydrogen-bond acceptors (Lipinski definition) is 7. The van der Waals surface area contributed by atoms with Gasteiger partial charge in [0.2, 0.25) is 0 Å². The number of nitrogen functional groups attached to an aromatic ring is 1. The highest BCUT2D eigenvalue weighted by Gasteiger charge is 2.18. The van der Waals surface area contributed by atoms with Gasteiger partial charge >= 0.3 is 5.97 Å². The van der Waals surface area contributed by atoms with E-state index in [0.29, 0.717) is 33.3 Å². The summed E-state index contributed by atoms with van der Waals surface area (Å²) in [4.78, 5) is 16.3. The van der Waals surface area contributed by atoms with E-state index in [1.54, 1.807) is 31.5 Å². The second-order valence-corrected chi connectivity index (χ2v) is 5.66. The van der Waals surface area contributed by atoms with E-state index in [2.05, 4.69) is 4.98 Å². The van der Waals surface area contributed by atoms with E-state index < -0.39 is 5.97 Å². The Hall–Kier alpha value is -2.80. The van der Waals surface area contributed by atoms with Gasteiger partial charge in [-0.3, -0.25) is 0 Å². The molecule has 0 radical (unpaired) electrons. The molecule has 0 aliphatic heterocycles. The molecule has 0 amide bonds. The Balaban J connectivity index is 1.99. The number of aromatic nitrogens is 1. The van der Waals surface area contributed by atoms with Crippen molar-refractivity contribution in [2.75, 3.05) is 20.0 Å². The molecule has 0 saturated carbocycles. The molecule has 3 rings (SSSR count). The lowest BCUT2D eigenvalue weighted by Crippen LogP contribution is -2.01. The van der Waals surface area contributed by atoms with Gasteiger partial charge in [0.05, 0.1) is 30.8 Å². The van der Waals surface area contributed by atoms with Crippen molar-refractivity contribution in [2.24, 2.45) is 0 Å². The Morgan fingerprint density at radius 1 is 1.22 bits per heavy atom. The van der Waals surface area contributed by atoms with Crippen LogP contribution in [0.4, 0.5) is 5.69 Å². The standard InChI is InChI=1S/C16H14N2O4S/c1-20-10-5-3-4-6-11(10)22-9-7-12-14(18-8-9)13(17)15(23-12)16(19)21-2/h3-8H,17H2,1-2H3. The second kappa shape index (κ2) is 6.13. The summed E-state index contributed by atoms with van der Waals surface area (Å²) in [6.45, 7) is 0. The number of fused-ring (bicyclic) bond motifs is 1. The van der Waals surface area contributed by atoms with E-state index in [0.717, 1.165) is 4.70 Å². The smallest absolute Gasteiger partial charge is 0.350 e. The van der Waals surface area contributed by atoms with Gasteiger partial charge in [-0.1, -0.05) is 12.1 Å². The number of pyridine rings is 1. The van der Waals surface area contributed by atoms with Crippen molar-refractivity contribution in [3.8, 4) is 17.2 Å². The second-order valence-electron chi connectivity index (χ2n) is 4.61. The van der Waals surface area contributed by atoms with Crippen molar-refractivity contribution >= 4 is 33.2 Å². The zero-order valence-corrected chi connectivity index (χ0v) is 13.3. The topological polar surface area (TPSA) is 83.7 Å². The summed E-state index contributed by atoms with van der Waals surface area (Å²) in [6, 6.07) is 9.09. The molecule has 0 atom stereocenters. The van der Waals surface area contributed by atoms with Crippen LogP contribution in [-0.2, 0) is 4.74 Å². The average Bonchev–Trinajstić information content (AvgIpc) is 2.91. The van der Waals surface area contributed by atoms with E-state index in [-0.39, 0.29) is 0 Å². The van der Waals surface area contributed by atoms with Gasteiger partial charge in [-0.2, -0.15) is 0 Å². The van der Waals surface area contributed by atoms with Gasteiger partial charge in [-0.15, -0.1) is 11.3 Å². The Kier molecular flexibility index (Phi) is 4.03. The van der Waals surface area contributed by atoms with Crippen LogP contribution in [0.25, 0.3) is 10.2 Å². The highest BCUT2D eigenvalue weighted by Crippen LogP contribution is 2.37. The monoisotopic (exact) mass is 330 g/mol. The Labute approximate surface area is 136 Å². The predicted molar refractivity (Wildman–Crippen MR) is 88.4 cm³/mol. The molecule has 0 unspecified atom stereocenters. The fourth-order valence-electron chi connectivity index (χ4n) is 2.11. The zero-order chi connectivity index (χ0) is 16.4. The molecule has 0 aliphatic rings. The highest BCUT2D eigenvalue weighted by molar-refractivity contribution is 7.21. The van der Waals surface area contributed by atoms with Gasteiger partial charge in [-0.05, 0) is 12.1 Å². The third-order valence-corrected chi connectivity index (χ3v) is 4.33. The molecule has 3 aromatic rings. The molecule has 0 spiro atoms. The first kappa shape index (κ1) is 15.1. The Bertz CT molecular complexity index is 876. The third kappa shape index (κ3) is 2.78. The van der Waals surface area contributed by atoms with Crippen LogP contribution in [0, 0.1) is 0 Å². The van der Waals surface area contributed by atoms with Crippen LogP contribution in [0.1, 0.15) is 9.67 Å². The number of hydrogen-bond donors (Lipinski definition) is 1. The molecule has 23 heavy (non-hydrogen) atoms. The molecule has 2 aromatic heterocycles. The number of benzene rings is 1. The van der Waals surface area contributed by atoms with Gasteiger partial charge < -0.3 is 19.9 Å². The number of carbonyl (C=O) groups excluding carboxylic acids is 1. The fraction of sp³-hybridized carbons (Fsp3) is 0.125. The molecule has 2 heterocycles. The summed E-state index contributed by atoms with van der Waals surface area (Å²) in [6.07, 6.45) is 1.55. The molecular formula is C16H14N2O4S. The predicted octanol–water partition coefficient (Wildman–Crippen LogP) is 3.47. The first-order chi connectivity index (χ1) is 11.1. The van der Waals surface area contributed by atoms with Crippen molar-refractivity contribution in [3.05, 3.63) is 41.4 Å². The molecule has 0 bridgehead atoms. The molecular weight excluding hydrogens is 316 g/mol. The van der Waals surface area contributed by atoms with Gasteiger partial charge in [-0.25, -0.2) is 9.78 Å². The lowest BCUT2D eigenvalue weighted by Gasteiger charge is -2.09. The van der Waals surface area contributed by atoms with Crippen LogP contribution in [0.3, 0.4) is 0 Å². The summed E-state index contributed by atoms with van der Waals surface area (Å²) >= 11 is 1.22. The van der Waals surface area contributed by atoms with E-state index in [1.165, 1.54) is 18.4 Å². The maximum absolute atomic E-state index is 11.7. The number of nitrogens with zero attached hydrogens (tertiary/aromatic N) is 1. The summed E-state index contributed by atoms with van der Waals surface area (Å²) in [7, 11) is 2.89. The molecule has 0 saturated heterocycles. The first-order valence-corrected chi connectivity index (χ1v) is 7.53. The highest BCUT2D eigenvalue weighted by atomic mass is 32.1. The van der Waals surface area contributed by atoms with Crippen LogP contribution in [0.15, 0.2) is 36.5 Å². The maximum atomic E-state index is 11.7. The molecule has 0 fully saturated rings. The quantitative estimate of drug-likeness (QED) is 0.738. The third-order valence-electron chi connectivity index (χ3n) is 3.21. The van der Waals surface area contributed by atoms with Gasteiger partial charge in [0.25, 0.3) is 0 Å². The molecule has 118 valence electrons. The van der Waals surface area contributed by atoms with Crippen LogP contribution in [0.2, 0.25) is 0 Å². The molecule has 6 nitrogen and oxygen atoms in total. The molecule has 2 N–H and O–H groups in total. The van der Waals surface area contributed by atoms with Crippen LogP contribution < -0.4 is 15.2 Å². The summed E-state index contributed by atoms with van der Waals surface area (Å²) in [5, 5.41) is 0. The van der Waals surface area contributed by atoms with Crippen LogP contribution in [0.5, 0.6) is 17.2 Å². The van der Waals surface area contributed by atoms with Crippen molar-refractivity contribution in [3.63, 3.8) is 0 Å². The van der Waals surface area contributed by atoms with Crippen molar-refractivity contribution in [2.45, 2.75) is 0 Å². The number of thiophene rings is 1. The molecule has 0 aliphatic carbocycles. The first-order valence-electron chi connectivity index (χ1n) is 6.71. The SMILES string of the molecule is COC(=O)c1sc2cc(Oc3ccccc3OC)cnc2c1N. The van der Waals surface area contributed by atoms with Crippen molar-refractivity contribution in [1.82, 2.24) is 4.98 Å². The number of anilines is 1. The average molecular weight is 330 g/mol. The van der Waals surface area contributed by atoms with Crippen LogP contribution in [-0.4, -0.2) is 25.2 Å². The molecule has 1 aromatic carbocycles. The van der Waals surface area contributed by atoms with E-state index in [4.69, 9.17) is 19.9 Å². The normalized spacial score (nSPS) is 10.5. The minimum absolute atomic E-state index is 0.320. The number of methoxy groups -OCH3 is 2.